The van der Waals surface area contributed by atoms with Crippen molar-refractivity contribution in [2.45, 2.75) is 13.3 Å². The number of methoxy groups -OCH3 is 1. The minimum absolute atomic E-state index is 0.198. The topological polar surface area (TPSA) is 99.2 Å². The van der Waals surface area contributed by atoms with E-state index in [1.807, 2.05) is 6.92 Å². The number of halogens is 1. The number of carbonyl (C=O) groups excluding carboxylic acids is 2. The van der Waals surface area contributed by atoms with Crippen molar-refractivity contribution in [2.75, 3.05) is 12.4 Å². The summed E-state index contributed by atoms with van der Waals surface area (Å²) in [6.45, 7) is 1.85. The van der Waals surface area contributed by atoms with Crippen LogP contribution in [0.25, 0.3) is 16.8 Å². The quantitative estimate of drug-likeness (QED) is 0.636. The second-order valence-electron chi connectivity index (χ2n) is 6.22. The first-order chi connectivity index (χ1) is 14.4. The Morgan fingerprint density at radius 1 is 1.27 bits per heavy atom. The van der Waals surface area contributed by atoms with E-state index < -0.39 is 17.8 Å². The number of rotatable bonds is 5. The third-order valence-corrected chi connectivity index (χ3v) is 4.19. The van der Waals surface area contributed by atoms with Crippen molar-refractivity contribution in [3.8, 4) is 34.4 Å². The fourth-order valence-corrected chi connectivity index (χ4v) is 2.80. The number of ether oxygens (including phenoxy) is 1. The van der Waals surface area contributed by atoms with Crippen molar-refractivity contribution < 1.29 is 18.7 Å². The van der Waals surface area contributed by atoms with E-state index in [2.05, 4.69) is 22.3 Å². The molecule has 0 aliphatic carbocycles. The second kappa shape index (κ2) is 8.92. The molecule has 30 heavy (non-hydrogen) atoms. The van der Waals surface area contributed by atoms with E-state index in [0.29, 0.717) is 23.4 Å². The van der Waals surface area contributed by atoms with Gasteiger partial charge in [-0.3, -0.25) is 9.59 Å². The second-order valence-corrected chi connectivity index (χ2v) is 6.22. The minimum atomic E-state index is -0.702. The van der Waals surface area contributed by atoms with Crippen LogP contribution < -0.4 is 15.8 Å². The Balaban J connectivity index is 1.93. The summed E-state index contributed by atoms with van der Waals surface area (Å²) < 4.78 is 21.1. The van der Waals surface area contributed by atoms with Crippen LogP contribution in [0.15, 0.2) is 48.7 Å². The molecule has 0 radical (unpaired) electrons. The van der Waals surface area contributed by atoms with Gasteiger partial charge in [0, 0.05) is 18.3 Å². The monoisotopic (exact) mass is 406 g/mol. The smallest absolute Gasteiger partial charge is 0.300 e. The zero-order valence-electron chi connectivity index (χ0n) is 16.4. The molecule has 0 aliphatic heterocycles. The molecule has 0 unspecified atom stereocenters. The van der Waals surface area contributed by atoms with E-state index in [9.17, 15) is 14.0 Å². The molecule has 2 aromatic carbocycles. The van der Waals surface area contributed by atoms with E-state index in [-0.39, 0.29) is 16.9 Å². The summed E-state index contributed by atoms with van der Waals surface area (Å²) in [7, 11) is 1.40. The Bertz CT molecular complexity index is 1170. The summed E-state index contributed by atoms with van der Waals surface area (Å²) in [5.41, 5.74) is 7.25. The van der Waals surface area contributed by atoms with Crippen molar-refractivity contribution in [1.29, 1.82) is 0 Å². The molecule has 0 spiro atoms. The van der Waals surface area contributed by atoms with Gasteiger partial charge in [0.25, 0.3) is 11.8 Å². The molecule has 7 nitrogen and oxygen atoms in total. The summed E-state index contributed by atoms with van der Waals surface area (Å²) in [6, 6.07) is 11.3. The number of nitrogens with one attached hydrogen (secondary N) is 1. The van der Waals surface area contributed by atoms with Crippen LogP contribution in [0.2, 0.25) is 0 Å². The van der Waals surface area contributed by atoms with Gasteiger partial charge in [-0.1, -0.05) is 25.0 Å². The molecule has 3 rings (SSSR count). The lowest BCUT2D eigenvalue weighted by atomic mass is 10.1. The SMILES string of the molecule is CCC#CC(=O)Nc1cccc(-n2cc(-c3ccc(C(N)=O)c(OC)c3)c(F)n2)c1. The van der Waals surface area contributed by atoms with Crippen molar-refractivity contribution in [2.24, 2.45) is 5.73 Å². The number of aromatic nitrogens is 2. The average Bonchev–Trinajstić information content (AvgIpc) is 3.13. The van der Waals surface area contributed by atoms with Gasteiger partial charge in [0.2, 0.25) is 5.95 Å². The standard InChI is InChI=1S/C22H19FN4O3/c1-3-4-8-20(28)25-15-6-5-7-16(12-15)27-13-18(21(23)26-27)14-9-10-17(22(24)29)19(11-14)30-2/h5-7,9-13H,3H2,1-2H3,(H2,24,29)(H,25,28). The van der Waals surface area contributed by atoms with Crippen LogP contribution in [0.5, 0.6) is 5.75 Å². The molecule has 152 valence electrons. The highest BCUT2D eigenvalue weighted by molar-refractivity contribution is 6.04. The number of anilines is 1. The van der Waals surface area contributed by atoms with Gasteiger partial charge in [0.15, 0.2) is 0 Å². The molecular weight excluding hydrogens is 387 g/mol. The minimum Gasteiger partial charge on any atom is -0.496 e. The first-order valence-electron chi connectivity index (χ1n) is 9.06. The molecule has 3 aromatic rings. The van der Waals surface area contributed by atoms with Crippen molar-refractivity contribution in [3.05, 3.63) is 60.2 Å². The molecular formula is C22H19FN4O3. The molecule has 3 N–H and O–H groups in total. The number of hydrogen-bond acceptors (Lipinski definition) is 4. The average molecular weight is 406 g/mol. The third-order valence-electron chi connectivity index (χ3n) is 4.19. The number of primary amides is 1. The Kier molecular flexibility index (Phi) is 6.13. The highest BCUT2D eigenvalue weighted by Crippen LogP contribution is 2.29. The number of carbonyl (C=O) groups is 2. The predicted molar refractivity (Wildman–Crippen MR) is 111 cm³/mol. The summed E-state index contributed by atoms with van der Waals surface area (Å²) >= 11 is 0. The van der Waals surface area contributed by atoms with Gasteiger partial charge in [-0.15, -0.1) is 5.10 Å². The van der Waals surface area contributed by atoms with Gasteiger partial charge >= 0.3 is 0 Å². The van der Waals surface area contributed by atoms with E-state index in [4.69, 9.17) is 10.5 Å². The van der Waals surface area contributed by atoms with Crippen LogP contribution in [0, 0.1) is 17.8 Å². The molecule has 2 amide bonds. The molecule has 0 aliphatic rings. The Morgan fingerprint density at radius 3 is 2.77 bits per heavy atom. The van der Waals surface area contributed by atoms with Gasteiger partial charge < -0.3 is 15.8 Å². The highest BCUT2D eigenvalue weighted by atomic mass is 19.1. The number of benzene rings is 2. The van der Waals surface area contributed by atoms with Crippen LogP contribution in [0.1, 0.15) is 23.7 Å². The number of nitrogens with two attached hydrogens (primary N) is 1. The fourth-order valence-electron chi connectivity index (χ4n) is 2.80. The number of hydrogen-bond donors (Lipinski definition) is 2. The molecule has 0 saturated carbocycles. The van der Waals surface area contributed by atoms with Gasteiger partial charge in [-0.05, 0) is 41.8 Å². The third kappa shape index (κ3) is 4.47. The summed E-state index contributed by atoms with van der Waals surface area (Å²) in [6.07, 6.45) is 2.08. The largest absolute Gasteiger partial charge is 0.496 e. The van der Waals surface area contributed by atoms with Crippen LogP contribution in [-0.4, -0.2) is 28.7 Å². The lowest BCUT2D eigenvalue weighted by molar-refractivity contribution is -0.111. The predicted octanol–water partition coefficient (Wildman–Crippen LogP) is 3.14. The molecule has 8 heteroatoms. The number of amides is 2. The lowest BCUT2D eigenvalue weighted by Crippen LogP contribution is -2.12. The van der Waals surface area contributed by atoms with Crippen LogP contribution in [0.3, 0.4) is 0 Å². The van der Waals surface area contributed by atoms with E-state index in [0.717, 1.165) is 0 Å². The molecule has 0 saturated heterocycles. The van der Waals surface area contributed by atoms with E-state index in [1.165, 1.54) is 30.1 Å². The maximum absolute atomic E-state index is 14.6. The van der Waals surface area contributed by atoms with Gasteiger partial charge in [0.1, 0.15) is 5.75 Å². The Hall–Kier alpha value is -4.12. The van der Waals surface area contributed by atoms with Crippen molar-refractivity contribution >= 4 is 17.5 Å². The lowest BCUT2D eigenvalue weighted by Gasteiger charge is -2.07. The highest BCUT2D eigenvalue weighted by Gasteiger charge is 2.16. The summed E-state index contributed by atoms with van der Waals surface area (Å²) in [4.78, 5) is 23.3. The Labute approximate surface area is 172 Å². The molecule has 1 heterocycles. The van der Waals surface area contributed by atoms with Crippen LogP contribution in [0.4, 0.5) is 10.1 Å². The van der Waals surface area contributed by atoms with Crippen molar-refractivity contribution in [3.63, 3.8) is 0 Å². The molecule has 1 aromatic heterocycles. The maximum Gasteiger partial charge on any atom is 0.300 e. The van der Waals surface area contributed by atoms with Crippen molar-refractivity contribution in [1.82, 2.24) is 9.78 Å². The summed E-state index contributed by atoms with van der Waals surface area (Å²) in [5.74, 6) is 3.64. The zero-order valence-corrected chi connectivity index (χ0v) is 16.4. The first-order valence-corrected chi connectivity index (χ1v) is 9.06. The molecule has 0 bridgehead atoms. The maximum atomic E-state index is 14.6. The van der Waals surface area contributed by atoms with Crippen LogP contribution in [-0.2, 0) is 4.79 Å². The zero-order chi connectivity index (χ0) is 21.7. The summed E-state index contributed by atoms with van der Waals surface area (Å²) in [5, 5.41) is 6.58. The molecule has 0 fully saturated rings. The Morgan fingerprint density at radius 2 is 2.07 bits per heavy atom. The molecule has 0 atom stereocenters. The first kappa shape index (κ1) is 20.6. The van der Waals surface area contributed by atoms with Gasteiger partial charge in [-0.25, -0.2) is 4.68 Å². The van der Waals surface area contributed by atoms with Crippen LogP contribution >= 0.6 is 0 Å². The van der Waals surface area contributed by atoms with E-state index >= 15 is 0 Å². The fraction of sp³-hybridized carbons (Fsp3) is 0.136. The normalized spacial score (nSPS) is 10.1. The van der Waals surface area contributed by atoms with Gasteiger partial charge in [0.05, 0.1) is 23.9 Å². The number of nitrogens with zero attached hydrogens (tertiary/aromatic N) is 2. The van der Waals surface area contributed by atoms with E-state index in [1.54, 1.807) is 30.3 Å². The van der Waals surface area contributed by atoms with Gasteiger partial charge in [-0.2, -0.15) is 4.39 Å².